The molecular weight excluding hydrogens is 672 g/mol. The summed E-state index contributed by atoms with van der Waals surface area (Å²) >= 11 is 14.8. The number of halogens is 4. The van der Waals surface area contributed by atoms with Crippen molar-refractivity contribution in [1.82, 2.24) is 15.3 Å². The monoisotopic (exact) mass is 700 g/mol. The number of anilines is 2. The van der Waals surface area contributed by atoms with Crippen LogP contribution < -0.4 is 20.0 Å². The van der Waals surface area contributed by atoms with Crippen LogP contribution in [0, 0.1) is 17.1 Å². The molecule has 1 aliphatic heterocycles. The van der Waals surface area contributed by atoms with Gasteiger partial charge in [-0.05, 0) is 79.4 Å². The molecular formula is C27H29Cl2FIN6OP. The van der Waals surface area contributed by atoms with Gasteiger partial charge in [-0.1, -0.05) is 23.2 Å². The van der Waals surface area contributed by atoms with Crippen LogP contribution in [0.25, 0.3) is 0 Å². The first-order valence-corrected chi connectivity index (χ1v) is 17.5. The molecule has 1 aromatic carbocycles. The summed E-state index contributed by atoms with van der Waals surface area (Å²) in [5.41, 5.74) is 1.99. The number of hydrogen-bond acceptors (Lipinski definition) is 7. The van der Waals surface area contributed by atoms with Crippen LogP contribution in [0.4, 0.5) is 15.9 Å². The van der Waals surface area contributed by atoms with Crippen molar-refractivity contribution in [1.29, 1.82) is 5.41 Å². The number of benzene rings is 1. The maximum Gasteiger partial charge on any atom is 0.137 e. The third-order valence-corrected chi connectivity index (χ3v) is 8.85. The summed E-state index contributed by atoms with van der Waals surface area (Å²) in [5, 5.41) is 16.6. The predicted octanol–water partition coefficient (Wildman–Crippen LogP) is 7.41. The van der Waals surface area contributed by atoms with Crippen LogP contribution in [0.3, 0.4) is 0 Å². The smallest absolute Gasteiger partial charge is 0.137 e. The standard InChI is InChI=1S/C27H29Cl2FIN6OP/c1-15(25-20(28)11-33-12-21(25)29)38-17-5-6-23(36-39-31)18(7-17)26(32)19-10-34-24(8-22(19)30)37-13-27(2,14-37)35-9-16-3-4-16/h5-8,10-12,15-16,32,35-36,39H,3-4,9,13-14H2,1-2H3/t15-/m1/s1. The molecule has 5 rings (SSSR count). The Bertz CT molecular complexity index is 1370. The lowest BCUT2D eigenvalue weighted by molar-refractivity contribution is 0.227. The SMILES string of the molecule is C[C@@H](Oc1ccc(NPI)c(C(=N)c2cnc(N3CC(C)(NCC4CC4)C3)cc2F)c1)c1c(Cl)cncc1Cl. The largest absolute Gasteiger partial charge is 0.486 e. The predicted molar refractivity (Wildman–Crippen MR) is 167 cm³/mol. The Kier molecular flexibility index (Phi) is 8.83. The Balaban J connectivity index is 1.33. The molecule has 3 aromatic rings. The zero-order valence-corrected chi connectivity index (χ0v) is 26.2. The Morgan fingerprint density at radius 1 is 1.23 bits per heavy atom. The molecule has 0 bridgehead atoms. The molecule has 2 atom stereocenters. The Hall–Kier alpha value is -1.78. The van der Waals surface area contributed by atoms with Crippen molar-refractivity contribution in [3.8, 4) is 5.75 Å². The van der Waals surface area contributed by atoms with Crippen LogP contribution >= 0.6 is 51.6 Å². The quantitative estimate of drug-likeness (QED) is 0.110. The molecule has 7 nitrogen and oxygen atoms in total. The fraction of sp³-hybridized carbons (Fsp3) is 0.370. The number of nitrogens with one attached hydrogen (secondary N) is 3. The lowest BCUT2D eigenvalue weighted by Gasteiger charge is -2.49. The zero-order chi connectivity index (χ0) is 27.7. The first kappa shape index (κ1) is 28.7. The Morgan fingerprint density at radius 2 is 1.95 bits per heavy atom. The highest BCUT2D eigenvalue weighted by molar-refractivity contribution is 14.2. The highest BCUT2D eigenvalue weighted by Gasteiger charge is 2.40. The Morgan fingerprint density at radius 3 is 2.59 bits per heavy atom. The van der Waals surface area contributed by atoms with Gasteiger partial charge in [0.15, 0.2) is 0 Å². The molecule has 1 saturated heterocycles. The average molecular weight is 701 g/mol. The van der Waals surface area contributed by atoms with Gasteiger partial charge in [0.05, 0.1) is 26.9 Å². The normalized spacial score (nSPS) is 17.2. The fourth-order valence-electron chi connectivity index (χ4n) is 4.74. The third kappa shape index (κ3) is 6.59. The van der Waals surface area contributed by atoms with Crippen molar-refractivity contribution >= 4 is 68.8 Å². The van der Waals surface area contributed by atoms with Crippen LogP contribution in [0.15, 0.2) is 42.9 Å². The third-order valence-electron chi connectivity index (χ3n) is 7.08. The van der Waals surface area contributed by atoms with Gasteiger partial charge in [0.25, 0.3) is 0 Å². The van der Waals surface area contributed by atoms with Gasteiger partial charge in [0, 0.05) is 60.9 Å². The van der Waals surface area contributed by atoms with E-state index in [2.05, 4.69) is 54.2 Å². The van der Waals surface area contributed by atoms with Crippen molar-refractivity contribution in [3.05, 3.63) is 75.4 Å². The molecule has 0 spiro atoms. The second-order valence-electron chi connectivity index (χ2n) is 10.3. The molecule has 0 amide bonds. The molecule has 39 heavy (non-hydrogen) atoms. The number of aromatic nitrogens is 2. The highest BCUT2D eigenvalue weighted by Crippen LogP contribution is 2.36. The minimum atomic E-state index is -0.484. The lowest BCUT2D eigenvalue weighted by Crippen LogP contribution is -2.68. The number of pyridine rings is 2. The molecule has 2 aliphatic rings. The molecule has 3 heterocycles. The molecule has 1 aliphatic carbocycles. The topological polar surface area (TPSA) is 86.2 Å². The van der Waals surface area contributed by atoms with E-state index < -0.39 is 11.9 Å². The summed E-state index contributed by atoms with van der Waals surface area (Å²) in [4.78, 5) is 10.6. The van der Waals surface area contributed by atoms with E-state index in [1.165, 1.54) is 37.5 Å². The first-order valence-electron chi connectivity index (χ1n) is 12.6. The van der Waals surface area contributed by atoms with Crippen molar-refractivity contribution in [2.75, 3.05) is 29.6 Å². The minimum absolute atomic E-state index is 0.0151. The maximum atomic E-state index is 15.4. The summed E-state index contributed by atoms with van der Waals surface area (Å²) < 4.78 is 21.5. The van der Waals surface area contributed by atoms with Gasteiger partial charge in [0.2, 0.25) is 0 Å². The van der Waals surface area contributed by atoms with Crippen molar-refractivity contribution in [2.24, 2.45) is 5.92 Å². The Labute approximate surface area is 252 Å². The van der Waals surface area contributed by atoms with E-state index in [4.69, 9.17) is 33.3 Å². The summed E-state index contributed by atoms with van der Waals surface area (Å²) in [6.07, 6.45) is 6.99. The van der Waals surface area contributed by atoms with Crippen molar-refractivity contribution < 1.29 is 9.13 Å². The lowest BCUT2D eigenvalue weighted by atomic mass is 9.91. The molecule has 2 aromatic heterocycles. The average Bonchev–Trinajstić information content (AvgIpc) is 3.71. The highest BCUT2D eigenvalue weighted by atomic mass is 127. The maximum absolute atomic E-state index is 15.4. The van der Waals surface area contributed by atoms with Crippen LogP contribution in [-0.2, 0) is 0 Å². The zero-order valence-electron chi connectivity index (χ0n) is 21.5. The summed E-state index contributed by atoms with van der Waals surface area (Å²) in [6, 6.07) is 6.77. The number of hydrogen-bond donors (Lipinski definition) is 3. The summed E-state index contributed by atoms with van der Waals surface area (Å²) in [6.45, 7) is 6.62. The second kappa shape index (κ2) is 12.0. The molecule has 0 radical (unpaired) electrons. The molecule has 206 valence electrons. The van der Waals surface area contributed by atoms with E-state index in [1.54, 1.807) is 12.1 Å². The van der Waals surface area contributed by atoms with E-state index in [9.17, 15) is 0 Å². The summed E-state index contributed by atoms with van der Waals surface area (Å²) in [7, 11) is 0. The first-order chi connectivity index (χ1) is 18.7. The number of rotatable bonds is 11. The fourth-order valence-corrected chi connectivity index (χ4v) is 6.60. The van der Waals surface area contributed by atoms with Gasteiger partial charge in [-0.25, -0.2) is 9.37 Å². The van der Waals surface area contributed by atoms with Gasteiger partial charge in [-0.3, -0.25) is 10.4 Å². The molecule has 1 unspecified atom stereocenters. The van der Waals surface area contributed by atoms with Crippen LogP contribution in [0.1, 0.15) is 49.5 Å². The van der Waals surface area contributed by atoms with Crippen molar-refractivity contribution in [3.63, 3.8) is 0 Å². The van der Waals surface area contributed by atoms with Gasteiger partial charge < -0.3 is 20.0 Å². The van der Waals surface area contributed by atoms with Gasteiger partial charge in [-0.2, -0.15) is 0 Å². The van der Waals surface area contributed by atoms with Crippen LogP contribution in [0.2, 0.25) is 10.0 Å². The molecule has 12 heteroatoms. The number of nitrogens with zero attached hydrogens (tertiary/aromatic N) is 3. The van der Waals surface area contributed by atoms with Crippen LogP contribution in [0.5, 0.6) is 5.75 Å². The van der Waals surface area contributed by atoms with Gasteiger partial charge in [0.1, 0.15) is 23.5 Å². The van der Waals surface area contributed by atoms with Crippen molar-refractivity contribution in [2.45, 2.75) is 38.3 Å². The molecule has 2 fully saturated rings. The second-order valence-corrected chi connectivity index (χ2v) is 13.2. The minimum Gasteiger partial charge on any atom is -0.486 e. The van der Waals surface area contributed by atoms with Crippen LogP contribution in [-0.4, -0.2) is 40.9 Å². The van der Waals surface area contributed by atoms with Gasteiger partial charge in [-0.15, -0.1) is 0 Å². The summed E-state index contributed by atoms with van der Waals surface area (Å²) in [5.74, 6) is 1.40. The molecule has 1 saturated carbocycles. The molecule has 3 N–H and O–H groups in total. The van der Waals surface area contributed by atoms with Gasteiger partial charge >= 0.3 is 0 Å². The van der Waals surface area contributed by atoms with E-state index >= 15 is 4.39 Å². The number of ether oxygens (including phenoxy) is 1. The van der Waals surface area contributed by atoms with E-state index in [0.29, 0.717) is 44.8 Å². The van der Waals surface area contributed by atoms with E-state index in [0.717, 1.165) is 25.6 Å². The van der Waals surface area contributed by atoms with E-state index in [1.807, 2.05) is 13.0 Å². The van der Waals surface area contributed by atoms with E-state index in [-0.39, 0.29) is 16.8 Å².